The second-order valence-electron chi connectivity index (χ2n) is 5.48. The van der Waals surface area contributed by atoms with E-state index in [2.05, 4.69) is 47.9 Å². The number of rotatable bonds is 7. The molecule has 1 aliphatic rings. The van der Waals surface area contributed by atoms with Crippen molar-refractivity contribution in [3.8, 4) is 5.75 Å². The fourth-order valence-corrected chi connectivity index (χ4v) is 2.66. The quantitative estimate of drug-likeness (QED) is 0.712. The Balaban J connectivity index is 1.62. The van der Waals surface area contributed by atoms with E-state index in [4.69, 9.17) is 4.74 Å². The summed E-state index contributed by atoms with van der Waals surface area (Å²) in [6.45, 7) is 12.4. The molecule has 1 heterocycles. The zero-order chi connectivity index (χ0) is 14.2. The van der Waals surface area contributed by atoms with E-state index in [-0.39, 0.29) is 0 Å². The molecule has 20 heavy (non-hydrogen) atoms. The van der Waals surface area contributed by atoms with Gasteiger partial charge in [-0.25, -0.2) is 0 Å². The van der Waals surface area contributed by atoms with E-state index in [9.17, 15) is 0 Å². The molecule has 1 aromatic rings. The molecule has 0 aromatic heterocycles. The minimum Gasteiger partial charge on any atom is -0.494 e. The van der Waals surface area contributed by atoms with Gasteiger partial charge in [0.2, 0.25) is 0 Å². The number of likely N-dealkylation sites (N-methyl/N-ethyl adjacent to an activating group) is 1. The number of piperazine rings is 1. The molecule has 0 N–H and O–H groups in total. The van der Waals surface area contributed by atoms with Crippen molar-refractivity contribution in [2.45, 2.75) is 26.7 Å². The summed E-state index contributed by atoms with van der Waals surface area (Å²) in [5.74, 6) is 1.01. The normalized spacial score (nSPS) is 17.3. The minimum atomic E-state index is 0.821. The van der Waals surface area contributed by atoms with Crippen molar-refractivity contribution in [2.24, 2.45) is 0 Å². The zero-order valence-electron chi connectivity index (χ0n) is 13.0. The van der Waals surface area contributed by atoms with Crippen LogP contribution in [0.2, 0.25) is 0 Å². The van der Waals surface area contributed by atoms with Crippen molar-refractivity contribution < 1.29 is 4.74 Å². The predicted molar refractivity (Wildman–Crippen MR) is 84.5 cm³/mol. The standard InChI is InChI=1S/C17H28N2O/c1-3-16-7-5-8-17(15-16)20-14-6-9-19-12-10-18(4-2)11-13-19/h5,7-8,15H,3-4,6,9-14H2,1-2H3. The maximum absolute atomic E-state index is 5.84. The molecule has 1 aromatic carbocycles. The average Bonchev–Trinajstić information content (AvgIpc) is 2.52. The fourth-order valence-electron chi connectivity index (χ4n) is 2.66. The third-order valence-corrected chi connectivity index (χ3v) is 4.11. The first kappa shape index (κ1) is 15.3. The highest BCUT2D eigenvalue weighted by Crippen LogP contribution is 2.14. The van der Waals surface area contributed by atoms with E-state index in [0.717, 1.165) is 31.7 Å². The predicted octanol–water partition coefficient (Wildman–Crippen LogP) is 2.66. The van der Waals surface area contributed by atoms with Crippen LogP contribution in [-0.2, 0) is 6.42 Å². The van der Waals surface area contributed by atoms with Gasteiger partial charge in [0, 0.05) is 32.7 Å². The molecule has 0 amide bonds. The van der Waals surface area contributed by atoms with Crippen LogP contribution in [0.15, 0.2) is 24.3 Å². The van der Waals surface area contributed by atoms with Crippen LogP contribution in [0.1, 0.15) is 25.8 Å². The molecule has 3 heteroatoms. The largest absolute Gasteiger partial charge is 0.494 e. The van der Waals surface area contributed by atoms with Crippen molar-refractivity contribution in [3.05, 3.63) is 29.8 Å². The van der Waals surface area contributed by atoms with Gasteiger partial charge in [-0.2, -0.15) is 0 Å². The first-order chi connectivity index (χ1) is 9.81. The zero-order valence-corrected chi connectivity index (χ0v) is 13.0. The highest BCUT2D eigenvalue weighted by Gasteiger charge is 2.14. The summed E-state index contributed by atoms with van der Waals surface area (Å²) in [6.07, 6.45) is 2.18. The van der Waals surface area contributed by atoms with Gasteiger partial charge in [-0.15, -0.1) is 0 Å². The van der Waals surface area contributed by atoms with E-state index < -0.39 is 0 Å². The van der Waals surface area contributed by atoms with Crippen molar-refractivity contribution in [2.75, 3.05) is 45.9 Å². The lowest BCUT2D eigenvalue weighted by Gasteiger charge is -2.33. The van der Waals surface area contributed by atoms with Crippen molar-refractivity contribution in [3.63, 3.8) is 0 Å². The lowest BCUT2D eigenvalue weighted by Crippen LogP contribution is -2.46. The van der Waals surface area contributed by atoms with Gasteiger partial charge < -0.3 is 14.5 Å². The molecule has 0 aliphatic carbocycles. The molecule has 3 nitrogen and oxygen atoms in total. The maximum atomic E-state index is 5.84. The van der Waals surface area contributed by atoms with Crippen LogP contribution >= 0.6 is 0 Å². The van der Waals surface area contributed by atoms with Gasteiger partial charge in [0.1, 0.15) is 5.75 Å². The van der Waals surface area contributed by atoms with E-state index in [0.29, 0.717) is 0 Å². The Morgan fingerprint density at radius 3 is 2.50 bits per heavy atom. The second-order valence-corrected chi connectivity index (χ2v) is 5.48. The van der Waals surface area contributed by atoms with Gasteiger partial charge in [-0.1, -0.05) is 26.0 Å². The first-order valence-corrected chi connectivity index (χ1v) is 7.98. The Morgan fingerprint density at radius 1 is 1.05 bits per heavy atom. The van der Waals surface area contributed by atoms with E-state index in [1.807, 2.05) is 0 Å². The van der Waals surface area contributed by atoms with Crippen molar-refractivity contribution in [1.29, 1.82) is 0 Å². The van der Waals surface area contributed by atoms with Gasteiger partial charge in [0.15, 0.2) is 0 Å². The molecule has 0 atom stereocenters. The van der Waals surface area contributed by atoms with Crippen LogP contribution in [0.25, 0.3) is 0 Å². The van der Waals surface area contributed by atoms with Crippen molar-refractivity contribution in [1.82, 2.24) is 9.80 Å². The van der Waals surface area contributed by atoms with Crippen LogP contribution in [-0.4, -0.2) is 55.7 Å². The summed E-state index contributed by atoms with van der Waals surface area (Å²) in [7, 11) is 0. The highest BCUT2D eigenvalue weighted by atomic mass is 16.5. The molecule has 112 valence electrons. The Morgan fingerprint density at radius 2 is 1.80 bits per heavy atom. The fraction of sp³-hybridized carbons (Fsp3) is 0.647. The monoisotopic (exact) mass is 276 g/mol. The number of hydrogen-bond acceptors (Lipinski definition) is 3. The Hall–Kier alpha value is -1.06. The molecule has 1 aliphatic heterocycles. The molecule has 0 saturated carbocycles. The Labute approximate surface area is 123 Å². The molecule has 1 saturated heterocycles. The molecule has 0 unspecified atom stereocenters. The van der Waals surface area contributed by atoms with Crippen LogP contribution in [0.3, 0.4) is 0 Å². The lowest BCUT2D eigenvalue weighted by molar-refractivity contribution is 0.130. The number of hydrogen-bond donors (Lipinski definition) is 0. The third kappa shape index (κ3) is 4.80. The summed E-state index contributed by atoms with van der Waals surface area (Å²) in [5, 5.41) is 0. The molecule has 0 spiro atoms. The van der Waals surface area contributed by atoms with Gasteiger partial charge in [0.25, 0.3) is 0 Å². The SMILES string of the molecule is CCc1cccc(OCCCN2CCN(CC)CC2)c1. The number of ether oxygens (including phenoxy) is 1. The highest BCUT2D eigenvalue weighted by molar-refractivity contribution is 5.28. The first-order valence-electron chi connectivity index (χ1n) is 7.98. The Kier molecular flexibility index (Phi) is 6.34. The molecule has 0 radical (unpaired) electrons. The van der Waals surface area contributed by atoms with Crippen LogP contribution in [0.5, 0.6) is 5.75 Å². The third-order valence-electron chi connectivity index (χ3n) is 4.11. The molecule has 1 fully saturated rings. The smallest absolute Gasteiger partial charge is 0.119 e. The summed E-state index contributed by atoms with van der Waals surface area (Å²) in [4.78, 5) is 5.07. The minimum absolute atomic E-state index is 0.821. The lowest BCUT2D eigenvalue weighted by atomic mass is 10.2. The van der Waals surface area contributed by atoms with Gasteiger partial charge in [-0.3, -0.25) is 0 Å². The number of nitrogens with zero attached hydrogens (tertiary/aromatic N) is 2. The van der Waals surface area contributed by atoms with E-state index in [1.54, 1.807) is 0 Å². The van der Waals surface area contributed by atoms with Crippen molar-refractivity contribution >= 4 is 0 Å². The van der Waals surface area contributed by atoms with Crippen LogP contribution in [0, 0.1) is 0 Å². The molecule has 2 rings (SSSR count). The summed E-state index contributed by atoms with van der Waals surface area (Å²) in [5.41, 5.74) is 1.35. The summed E-state index contributed by atoms with van der Waals surface area (Å²) in [6, 6.07) is 8.44. The summed E-state index contributed by atoms with van der Waals surface area (Å²) < 4.78 is 5.84. The number of aryl methyl sites for hydroxylation is 1. The molecular weight excluding hydrogens is 248 g/mol. The Bertz CT molecular complexity index is 386. The van der Waals surface area contributed by atoms with Crippen LogP contribution < -0.4 is 4.74 Å². The molecular formula is C17H28N2O. The maximum Gasteiger partial charge on any atom is 0.119 e. The van der Waals surface area contributed by atoms with Gasteiger partial charge >= 0.3 is 0 Å². The number of benzene rings is 1. The van der Waals surface area contributed by atoms with E-state index >= 15 is 0 Å². The van der Waals surface area contributed by atoms with Crippen LogP contribution in [0.4, 0.5) is 0 Å². The topological polar surface area (TPSA) is 15.7 Å². The summed E-state index contributed by atoms with van der Waals surface area (Å²) >= 11 is 0. The van der Waals surface area contributed by atoms with Gasteiger partial charge in [-0.05, 0) is 37.1 Å². The van der Waals surface area contributed by atoms with Gasteiger partial charge in [0.05, 0.1) is 6.61 Å². The second kappa shape index (κ2) is 8.28. The van der Waals surface area contributed by atoms with E-state index in [1.165, 1.54) is 38.3 Å². The molecule has 0 bridgehead atoms. The average molecular weight is 276 g/mol.